The lowest BCUT2D eigenvalue weighted by molar-refractivity contribution is -0.124. The predicted molar refractivity (Wildman–Crippen MR) is 119 cm³/mol. The number of ether oxygens (including phenoxy) is 2. The van der Waals surface area contributed by atoms with Crippen LogP contribution in [0.5, 0.6) is 11.5 Å². The third-order valence-corrected chi connectivity index (χ3v) is 5.90. The second-order valence-electron chi connectivity index (χ2n) is 8.29. The van der Waals surface area contributed by atoms with Gasteiger partial charge in [-0.1, -0.05) is 18.2 Å². The van der Waals surface area contributed by atoms with E-state index in [1.165, 1.54) is 0 Å². The number of rotatable bonds is 6. The van der Waals surface area contributed by atoms with E-state index < -0.39 is 5.92 Å². The Bertz CT molecular complexity index is 1000. The number of nitrogens with one attached hydrogen (secondary N) is 1. The van der Waals surface area contributed by atoms with Crippen molar-refractivity contribution in [2.75, 3.05) is 19.8 Å². The monoisotopic (exact) mass is 422 g/mol. The average Bonchev–Trinajstić information content (AvgIpc) is 2.74. The quantitative estimate of drug-likeness (QED) is 0.768. The molecule has 2 aromatic rings. The summed E-state index contributed by atoms with van der Waals surface area (Å²) in [5.74, 6) is 0.792. The van der Waals surface area contributed by atoms with Crippen molar-refractivity contribution in [1.29, 1.82) is 0 Å². The maximum Gasteiger partial charge on any atom is 0.254 e. The molecular weight excluding hydrogens is 392 g/mol. The Labute approximate surface area is 183 Å². The maximum absolute atomic E-state index is 13.4. The molecule has 4 rings (SSSR count). The summed E-state index contributed by atoms with van der Waals surface area (Å²) in [6.07, 6.45) is 0.713. The minimum Gasteiger partial charge on any atom is -0.490 e. The summed E-state index contributed by atoms with van der Waals surface area (Å²) < 4.78 is 11.7. The van der Waals surface area contributed by atoms with Crippen molar-refractivity contribution >= 4 is 11.8 Å². The third-order valence-electron chi connectivity index (χ3n) is 5.90. The molecule has 0 radical (unpaired) electrons. The van der Waals surface area contributed by atoms with Gasteiger partial charge < -0.3 is 19.7 Å². The van der Waals surface area contributed by atoms with Crippen molar-refractivity contribution in [1.82, 2.24) is 10.2 Å². The van der Waals surface area contributed by atoms with Gasteiger partial charge in [-0.15, -0.1) is 0 Å². The van der Waals surface area contributed by atoms with Crippen LogP contribution in [-0.4, -0.2) is 42.5 Å². The molecule has 2 heterocycles. The third kappa shape index (κ3) is 3.75. The molecule has 2 aliphatic rings. The number of benzene rings is 2. The van der Waals surface area contributed by atoms with Crippen LogP contribution in [0.1, 0.15) is 66.7 Å². The summed E-state index contributed by atoms with van der Waals surface area (Å²) in [4.78, 5) is 28.6. The van der Waals surface area contributed by atoms with Gasteiger partial charge in [0.1, 0.15) is 0 Å². The number of amides is 2. The lowest BCUT2D eigenvalue weighted by Crippen LogP contribution is -2.50. The number of carbonyl (C=O) groups is 2. The van der Waals surface area contributed by atoms with Crippen LogP contribution in [0.3, 0.4) is 0 Å². The van der Waals surface area contributed by atoms with E-state index in [1.54, 1.807) is 0 Å². The van der Waals surface area contributed by atoms with E-state index >= 15 is 0 Å². The van der Waals surface area contributed by atoms with E-state index in [1.807, 2.05) is 69.0 Å². The normalized spacial score (nSPS) is 19.4. The van der Waals surface area contributed by atoms with E-state index in [0.29, 0.717) is 43.2 Å². The molecule has 2 atom stereocenters. The molecule has 0 aromatic heterocycles. The highest BCUT2D eigenvalue weighted by molar-refractivity contribution is 6.01. The largest absolute Gasteiger partial charge is 0.490 e. The lowest BCUT2D eigenvalue weighted by Gasteiger charge is -2.45. The standard InChI is InChI=1S/C25H30N2O4/c1-5-30-20-13-16-11-12-27-23(19(16)14-21(20)31-6-2)22(24(28)26-15(3)4)17-9-7-8-10-18(17)25(27)29/h7-10,13-15,22-23H,5-6,11-12H2,1-4H3,(H,26,28)/t22-,23+/m1/s1. The SMILES string of the molecule is CCOc1cc2c(cc1OCC)[C@H]1[C@H](C(=O)NC(C)C)c3ccccc3C(=O)N1CC2. The van der Waals surface area contributed by atoms with E-state index in [9.17, 15) is 9.59 Å². The summed E-state index contributed by atoms with van der Waals surface area (Å²) in [5.41, 5.74) is 3.46. The molecule has 2 aliphatic heterocycles. The van der Waals surface area contributed by atoms with Crippen LogP contribution < -0.4 is 14.8 Å². The van der Waals surface area contributed by atoms with E-state index in [-0.39, 0.29) is 23.9 Å². The van der Waals surface area contributed by atoms with E-state index in [4.69, 9.17) is 9.47 Å². The van der Waals surface area contributed by atoms with Crippen LogP contribution in [0.2, 0.25) is 0 Å². The van der Waals surface area contributed by atoms with Gasteiger partial charge in [-0.2, -0.15) is 0 Å². The molecule has 0 saturated carbocycles. The second-order valence-corrected chi connectivity index (χ2v) is 8.29. The van der Waals surface area contributed by atoms with E-state index in [2.05, 4.69) is 5.32 Å². The second kappa shape index (κ2) is 8.61. The first-order valence-electron chi connectivity index (χ1n) is 11.1. The van der Waals surface area contributed by atoms with Crippen LogP contribution in [0.4, 0.5) is 0 Å². The first-order chi connectivity index (χ1) is 15.0. The Morgan fingerprint density at radius 3 is 2.45 bits per heavy atom. The Balaban J connectivity index is 1.89. The average molecular weight is 423 g/mol. The van der Waals surface area contributed by atoms with E-state index in [0.717, 1.165) is 16.7 Å². The molecule has 0 aliphatic carbocycles. The maximum atomic E-state index is 13.4. The fraction of sp³-hybridized carbons (Fsp3) is 0.440. The van der Waals surface area contributed by atoms with Gasteiger partial charge in [0, 0.05) is 18.2 Å². The van der Waals surface area contributed by atoms with Gasteiger partial charge in [0.25, 0.3) is 5.91 Å². The van der Waals surface area contributed by atoms with Crippen molar-refractivity contribution in [2.45, 2.75) is 52.1 Å². The lowest BCUT2D eigenvalue weighted by atomic mass is 9.75. The predicted octanol–water partition coefficient (Wildman–Crippen LogP) is 3.85. The van der Waals surface area contributed by atoms with Crippen LogP contribution in [0.15, 0.2) is 36.4 Å². The van der Waals surface area contributed by atoms with Crippen molar-refractivity contribution < 1.29 is 19.1 Å². The smallest absolute Gasteiger partial charge is 0.254 e. The van der Waals surface area contributed by atoms with Crippen LogP contribution >= 0.6 is 0 Å². The Morgan fingerprint density at radius 2 is 1.77 bits per heavy atom. The Hall–Kier alpha value is -3.02. The zero-order valence-corrected chi connectivity index (χ0v) is 18.6. The van der Waals surface area contributed by atoms with Crippen LogP contribution in [0.25, 0.3) is 0 Å². The zero-order valence-electron chi connectivity index (χ0n) is 18.6. The van der Waals surface area contributed by atoms with Crippen LogP contribution in [-0.2, 0) is 11.2 Å². The van der Waals surface area contributed by atoms with Crippen molar-refractivity contribution in [2.24, 2.45) is 0 Å². The first-order valence-corrected chi connectivity index (χ1v) is 11.1. The molecule has 0 unspecified atom stereocenters. The Kier molecular flexibility index (Phi) is 5.90. The van der Waals surface area contributed by atoms with Gasteiger partial charge >= 0.3 is 0 Å². The summed E-state index contributed by atoms with van der Waals surface area (Å²) in [6.45, 7) is 9.39. The van der Waals surface area contributed by atoms with Gasteiger partial charge in [0.05, 0.1) is 25.2 Å². The van der Waals surface area contributed by atoms with Gasteiger partial charge in [0.2, 0.25) is 5.91 Å². The molecule has 164 valence electrons. The summed E-state index contributed by atoms with van der Waals surface area (Å²) >= 11 is 0. The molecule has 2 aromatic carbocycles. The molecule has 0 bridgehead atoms. The molecular formula is C25H30N2O4. The molecule has 0 saturated heterocycles. The highest BCUT2D eigenvalue weighted by Gasteiger charge is 2.46. The summed E-state index contributed by atoms with van der Waals surface area (Å²) in [7, 11) is 0. The number of nitrogens with zero attached hydrogens (tertiary/aromatic N) is 1. The molecule has 0 spiro atoms. The van der Waals surface area contributed by atoms with Gasteiger partial charge in [-0.05, 0) is 69.0 Å². The zero-order chi connectivity index (χ0) is 22.1. The van der Waals surface area contributed by atoms with Crippen molar-refractivity contribution in [3.05, 3.63) is 58.7 Å². The summed E-state index contributed by atoms with van der Waals surface area (Å²) in [5, 5.41) is 3.07. The number of carbonyl (C=O) groups excluding carboxylic acids is 2. The van der Waals surface area contributed by atoms with Gasteiger partial charge in [-0.3, -0.25) is 9.59 Å². The minimum atomic E-state index is -0.484. The van der Waals surface area contributed by atoms with Crippen molar-refractivity contribution in [3.63, 3.8) is 0 Å². The Morgan fingerprint density at radius 1 is 1.10 bits per heavy atom. The van der Waals surface area contributed by atoms with Crippen molar-refractivity contribution in [3.8, 4) is 11.5 Å². The molecule has 0 fully saturated rings. The number of hydrogen-bond donors (Lipinski definition) is 1. The topological polar surface area (TPSA) is 67.9 Å². The fourth-order valence-corrected chi connectivity index (χ4v) is 4.73. The minimum absolute atomic E-state index is 0.00752. The molecule has 2 amide bonds. The molecule has 1 N–H and O–H groups in total. The number of hydrogen-bond acceptors (Lipinski definition) is 4. The summed E-state index contributed by atoms with van der Waals surface area (Å²) in [6, 6.07) is 11.1. The van der Waals surface area contributed by atoms with Gasteiger partial charge in [0.15, 0.2) is 11.5 Å². The van der Waals surface area contributed by atoms with Gasteiger partial charge in [-0.25, -0.2) is 0 Å². The molecule has 6 heteroatoms. The van der Waals surface area contributed by atoms with Crippen LogP contribution in [0, 0.1) is 0 Å². The highest BCUT2D eigenvalue weighted by Crippen LogP contribution is 2.48. The highest BCUT2D eigenvalue weighted by atomic mass is 16.5. The molecule has 6 nitrogen and oxygen atoms in total. The first kappa shape index (κ1) is 21.2. The number of fused-ring (bicyclic) bond motifs is 4. The molecule has 31 heavy (non-hydrogen) atoms. The fourth-order valence-electron chi connectivity index (χ4n) is 4.73.